The highest BCUT2D eigenvalue weighted by atomic mass is 35.5. The van der Waals surface area contributed by atoms with E-state index in [9.17, 15) is 4.79 Å². The predicted octanol–water partition coefficient (Wildman–Crippen LogP) is 5.61. The number of ether oxygens (including phenoxy) is 2. The first-order chi connectivity index (χ1) is 13.8. The first-order valence-electron chi connectivity index (χ1n) is 10.0. The Hall–Kier alpha value is -2.08. The quantitative estimate of drug-likeness (QED) is 0.643. The third-order valence-electron chi connectivity index (χ3n) is 5.13. The molecule has 0 spiro atoms. The lowest BCUT2D eigenvalue weighted by Gasteiger charge is -2.29. The number of carbonyl (C=O) groups excluding carboxylic acids is 1. The molecule has 0 atom stereocenters. The van der Waals surface area contributed by atoms with E-state index >= 15 is 0 Å². The second-order valence-electron chi connectivity index (χ2n) is 7.86. The van der Waals surface area contributed by atoms with Gasteiger partial charge in [-0.3, -0.25) is 0 Å². The number of carbonyl (C=O) groups is 1. The lowest BCUT2D eigenvalue weighted by molar-refractivity contribution is -0.160. The van der Waals surface area contributed by atoms with Gasteiger partial charge in [0.05, 0.1) is 19.8 Å². The summed E-state index contributed by atoms with van der Waals surface area (Å²) in [6, 6.07) is 13.2. The fraction of sp³-hybridized carbons (Fsp3) is 0.435. The summed E-state index contributed by atoms with van der Waals surface area (Å²) >= 11 is 6.36. The molecular weight excluding hydrogens is 388 g/mol. The molecule has 6 heteroatoms. The molecule has 1 fully saturated rings. The van der Waals surface area contributed by atoms with Crippen molar-refractivity contribution >= 4 is 23.3 Å². The first-order valence-corrected chi connectivity index (χ1v) is 10.4. The van der Waals surface area contributed by atoms with Crippen LogP contribution in [0.4, 0.5) is 10.5 Å². The molecule has 2 aromatic rings. The van der Waals surface area contributed by atoms with E-state index in [0.717, 1.165) is 16.8 Å². The van der Waals surface area contributed by atoms with Crippen LogP contribution in [0.1, 0.15) is 56.2 Å². The number of para-hydroxylation sites is 1. The smallest absolute Gasteiger partial charge is 0.319 e. The molecule has 1 saturated heterocycles. The number of amides is 2. The molecule has 1 aliphatic rings. The molecule has 3 rings (SSSR count). The molecule has 0 radical (unpaired) electrons. The Bertz CT molecular complexity index is 835. The molecule has 5 nitrogen and oxygen atoms in total. The van der Waals surface area contributed by atoms with E-state index in [0.29, 0.717) is 35.6 Å². The van der Waals surface area contributed by atoms with Crippen LogP contribution in [0.25, 0.3) is 0 Å². The Morgan fingerprint density at radius 2 is 1.59 bits per heavy atom. The Kier molecular flexibility index (Phi) is 6.83. The standard InChI is InChI=1S/C23H29ClN2O3/c1-15(2)17-8-7-9-18(16(3)4)21(17)26-22(27)25-14-23(28-12-13-29-23)19-10-5-6-11-20(19)24/h5-11,15-16H,12-14H2,1-4H3,(H2,25,26,27). The lowest BCUT2D eigenvalue weighted by atomic mass is 9.93. The van der Waals surface area contributed by atoms with E-state index in [1.165, 1.54) is 0 Å². The van der Waals surface area contributed by atoms with Gasteiger partial charge in [-0.15, -0.1) is 0 Å². The molecule has 2 N–H and O–H groups in total. The maximum Gasteiger partial charge on any atom is 0.319 e. The molecule has 0 bridgehead atoms. The van der Waals surface area contributed by atoms with Crippen LogP contribution in [-0.4, -0.2) is 25.8 Å². The highest BCUT2D eigenvalue weighted by Crippen LogP contribution is 2.36. The summed E-state index contributed by atoms with van der Waals surface area (Å²) in [7, 11) is 0. The van der Waals surface area contributed by atoms with E-state index < -0.39 is 5.79 Å². The van der Waals surface area contributed by atoms with Crippen LogP contribution in [0.15, 0.2) is 42.5 Å². The summed E-state index contributed by atoms with van der Waals surface area (Å²) < 4.78 is 11.8. The number of anilines is 1. The maximum atomic E-state index is 12.8. The van der Waals surface area contributed by atoms with Crippen LogP contribution >= 0.6 is 11.6 Å². The average molecular weight is 417 g/mol. The summed E-state index contributed by atoms with van der Waals surface area (Å²) in [6.45, 7) is 9.53. The molecule has 0 unspecified atom stereocenters. The molecule has 29 heavy (non-hydrogen) atoms. The van der Waals surface area contributed by atoms with Gasteiger partial charge in [-0.05, 0) is 29.0 Å². The Morgan fingerprint density at radius 1 is 1.00 bits per heavy atom. The van der Waals surface area contributed by atoms with Crippen LogP contribution in [0, 0.1) is 0 Å². The van der Waals surface area contributed by atoms with Gasteiger partial charge < -0.3 is 20.1 Å². The highest BCUT2D eigenvalue weighted by Gasteiger charge is 2.40. The van der Waals surface area contributed by atoms with Crippen LogP contribution in [0.5, 0.6) is 0 Å². The zero-order valence-corrected chi connectivity index (χ0v) is 18.2. The van der Waals surface area contributed by atoms with Crippen LogP contribution in [0.3, 0.4) is 0 Å². The molecule has 156 valence electrons. The fourth-order valence-electron chi connectivity index (χ4n) is 3.63. The predicted molar refractivity (Wildman–Crippen MR) is 117 cm³/mol. The van der Waals surface area contributed by atoms with Gasteiger partial charge in [0.25, 0.3) is 0 Å². The lowest BCUT2D eigenvalue weighted by Crippen LogP contribution is -2.43. The van der Waals surface area contributed by atoms with Crippen molar-refractivity contribution in [2.45, 2.75) is 45.3 Å². The second kappa shape index (κ2) is 9.16. The molecule has 2 amide bonds. The molecule has 1 heterocycles. The SMILES string of the molecule is CC(C)c1cccc(C(C)C)c1NC(=O)NCC1(c2ccccc2Cl)OCCO1. The third-order valence-corrected chi connectivity index (χ3v) is 5.46. The van der Waals surface area contributed by atoms with E-state index in [1.54, 1.807) is 6.07 Å². The van der Waals surface area contributed by atoms with E-state index in [2.05, 4.69) is 50.5 Å². The summed E-state index contributed by atoms with van der Waals surface area (Å²) in [6.07, 6.45) is 0. The number of rotatable bonds is 6. The molecule has 2 aromatic carbocycles. The minimum absolute atomic E-state index is 0.156. The number of hydrogen-bond donors (Lipinski definition) is 2. The topological polar surface area (TPSA) is 59.6 Å². The third kappa shape index (κ3) is 4.74. The normalized spacial score (nSPS) is 15.7. The first kappa shape index (κ1) is 21.6. The number of halogens is 1. The van der Waals surface area contributed by atoms with Gasteiger partial charge in [0.15, 0.2) is 0 Å². The number of benzene rings is 2. The van der Waals surface area contributed by atoms with Crippen LogP contribution in [-0.2, 0) is 15.3 Å². The van der Waals surface area contributed by atoms with Gasteiger partial charge in [0, 0.05) is 16.3 Å². The largest absolute Gasteiger partial charge is 0.342 e. The highest BCUT2D eigenvalue weighted by molar-refractivity contribution is 6.31. The summed E-state index contributed by atoms with van der Waals surface area (Å²) in [5, 5.41) is 6.51. The van der Waals surface area contributed by atoms with Gasteiger partial charge in [-0.2, -0.15) is 0 Å². The van der Waals surface area contributed by atoms with Crippen molar-refractivity contribution in [3.63, 3.8) is 0 Å². The minimum atomic E-state index is -1.08. The van der Waals surface area contributed by atoms with Gasteiger partial charge in [-0.1, -0.05) is 75.7 Å². The molecular formula is C23H29ClN2O3. The zero-order valence-electron chi connectivity index (χ0n) is 17.4. The zero-order chi connectivity index (χ0) is 21.0. The van der Waals surface area contributed by atoms with Crippen molar-refractivity contribution in [1.82, 2.24) is 5.32 Å². The van der Waals surface area contributed by atoms with E-state index in [1.807, 2.05) is 24.3 Å². The van der Waals surface area contributed by atoms with Crippen molar-refractivity contribution in [2.75, 3.05) is 25.1 Å². The number of nitrogens with one attached hydrogen (secondary N) is 2. The Morgan fingerprint density at radius 3 is 2.14 bits per heavy atom. The molecule has 0 aliphatic carbocycles. The van der Waals surface area contributed by atoms with Crippen LogP contribution in [0.2, 0.25) is 5.02 Å². The van der Waals surface area contributed by atoms with Gasteiger partial charge >= 0.3 is 6.03 Å². The van der Waals surface area contributed by atoms with Crippen molar-refractivity contribution in [1.29, 1.82) is 0 Å². The summed E-state index contributed by atoms with van der Waals surface area (Å²) in [5.41, 5.74) is 3.81. The van der Waals surface area contributed by atoms with Crippen molar-refractivity contribution in [3.8, 4) is 0 Å². The van der Waals surface area contributed by atoms with Crippen molar-refractivity contribution in [2.24, 2.45) is 0 Å². The monoisotopic (exact) mass is 416 g/mol. The van der Waals surface area contributed by atoms with E-state index in [-0.39, 0.29) is 12.6 Å². The second-order valence-corrected chi connectivity index (χ2v) is 8.27. The van der Waals surface area contributed by atoms with Crippen LogP contribution < -0.4 is 10.6 Å². The molecule has 0 saturated carbocycles. The minimum Gasteiger partial charge on any atom is -0.342 e. The maximum absolute atomic E-state index is 12.8. The van der Waals surface area contributed by atoms with E-state index in [4.69, 9.17) is 21.1 Å². The van der Waals surface area contributed by atoms with Gasteiger partial charge in [0.1, 0.15) is 0 Å². The molecule has 1 aliphatic heterocycles. The van der Waals surface area contributed by atoms with Gasteiger partial charge in [0.2, 0.25) is 5.79 Å². The fourth-order valence-corrected chi connectivity index (χ4v) is 3.91. The summed E-state index contributed by atoms with van der Waals surface area (Å²) in [4.78, 5) is 12.8. The molecule has 0 aromatic heterocycles. The Labute approximate surface area is 177 Å². The average Bonchev–Trinajstić information content (AvgIpc) is 3.16. The Balaban J connectivity index is 1.79. The number of urea groups is 1. The van der Waals surface area contributed by atoms with Crippen molar-refractivity contribution < 1.29 is 14.3 Å². The number of hydrogen-bond acceptors (Lipinski definition) is 3. The summed E-state index contributed by atoms with van der Waals surface area (Å²) in [5.74, 6) is -0.492. The van der Waals surface area contributed by atoms with Crippen molar-refractivity contribution in [3.05, 3.63) is 64.2 Å². The van der Waals surface area contributed by atoms with Gasteiger partial charge in [-0.25, -0.2) is 4.79 Å².